The van der Waals surface area contributed by atoms with Crippen LogP contribution in [-0.4, -0.2) is 63.3 Å². The molecule has 1 aliphatic rings. The molecule has 1 aromatic carbocycles. The second-order valence-corrected chi connectivity index (χ2v) is 6.17. The fourth-order valence-electron chi connectivity index (χ4n) is 2.73. The van der Waals surface area contributed by atoms with Gasteiger partial charge in [0, 0.05) is 51.3 Å². The Hall–Kier alpha value is -1.73. The summed E-state index contributed by atoms with van der Waals surface area (Å²) >= 11 is 0. The summed E-state index contributed by atoms with van der Waals surface area (Å²) in [5, 5.41) is 6.49. The van der Waals surface area contributed by atoms with Crippen molar-refractivity contribution in [3.8, 4) is 0 Å². The van der Waals surface area contributed by atoms with Crippen LogP contribution in [0.3, 0.4) is 0 Å². The molecule has 1 fully saturated rings. The number of morpholine rings is 1. The van der Waals surface area contributed by atoms with Gasteiger partial charge in [0.25, 0.3) is 0 Å². The molecular formula is C18H28F2N4O. The van der Waals surface area contributed by atoms with Crippen LogP contribution in [0.4, 0.5) is 8.78 Å². The Morgan fingerprint density at radius 1 is 1.28 bits per heavy atom. The van der Waals surface area contributed by atoms with E-state index in [1.807, 2.05) is 13.8 Å². The van der Waals surface area contributed by atoms with Gasteiger partial charge in [0.15, 0.2) is 5.96 Å². The van der Waals surface area contributed by atoms with Gasteiger partial charge in [0.05, 0.1) is 13.2 Å². The summed E-state index contributed by atoms with van der Waals surface area (Å²) in [4.78, 5) is 6.87. The number of nitrogens with one attached hydrogen (secondary N) is 2. The Morgan fingerprint density at radius 3 is 2.72 bits per heavy atom. The molecule has 0 saturated carbocycles. The molecule has 1 unspecified atom stereocenters. The number of halogens is 2. The number of benzene rings is 1. The number of hydrogen-bond acceptors (Lipinski definition) is 3. The zero-order chi connectivity index (χ0) is 18.1. The van der Waals surface area contributed by atoms with E-state index in [1.165, 1.54) is 12.1 Å². The molecule has 2 rings (SSSR count). The first-order valence-electron chi connectivity index (χ1n) is 8.87. The average molecular weight is 354 g/mol. The molecule has 2 N–H and O–H groups in total. The summed E-state index contributed by atoms with van der Waals surface area (Å²) in [7, 11) is 0. The van der Waals surface area contributed by atoms with Gasteiger partial charge >= 0.3 is 0 Å². The second-order valence-electron chi connectivity index (χ2n) is 6.17. The minimum absolute atomic E-state index is 0.129. The van der Waals surface area contributed by atoms with Crippen LogP contribution in [0.15, 0.2) is 23.2 Å². The molecular weight excluding hydrogens is 326 g/mol. The predicted octanol–water partition coefficient (Wildman–Crippen LogP) is 1.96. The second kappa shape index (κ2) is 10.3. The molecule has 7 heteroatoms. The Bertz CT molecular complexity index is 562. The van der Waals surface area contributed by atoms with Gasteiger partial charge in [0.1, 0.15) is 11.6 Å². The highest BCUT2D eigenvalue weighted by molar-refractivity contribution is 5.79. The third-order valence-corrected chi connectivity index (χ3v) is 4.19. The van der Waals surface area contributed by atoms with Gasteiger partial charge in [-0.05, 0) is 18.6 Å². The quantitative estimate of drug-likeness (QED) is 0.581. The van der Waals surface area contributed by atoms with Crippen LogP contribution in [0.2, 0.25) is 0 Å². The number of nitrogens with zero attached hydrogens (tertiary/aromatic N) is 2. The Morgan fingerprint density at radius 2 is 2.04 bits per heavy atom. The molecule has 0 spiro atoms. The van der Waals surface area contributed by atoms with Crippen molar-refractivity contribution < 1.29 is 13.5 Å². The summed E-state index contributed by atoms with van der Waals surface area (Å²) in [5.74, 6) is -0.497. The predicted molar refractivity (Wildman–Crippen MR) is 96.0 cm³/mol. The lowest BCUT2D eigenvalue weighted by Gasteiger charge is -2.26. The van der Waals surface area contributed by atoms with Crippen LogP contribution in [0, 0.1) is 11.6 Å². The molecule has 0 bridgehead atoms. The van der Waals surface area contributed by atoms with Crippen molar-refractivity contribution in [3.63, 3.8) is 0 Å². The first kappa shape index (κ1) is 19.6. The van der Waals surface area contributed by atoms with E-state index < -0.39 is 11.6 Å². The van der Waals surface area contributed by atoms with Crippen LogP contribution >= 0.6 is 0 Å². The standard InChI is InChI=1S/C18H28F2N4O/c1-3-21-18(22-6-7-24-8-10-25-11-9-24)23-13-14(2)16-5-4-15(19)12-17(16)20/h4-5,12,14H,3,6-11,13H2,1-2H3,(H2,21,22,23). The van der Waals surface area contributed by atoms with Gasteiger partial charge in [-0.3, -0.25) is 9.89 Å². The molecule has 1 saturated heterocycles. The Kier molecular flexibility index (Phi) is 8.08. The molecule has 5 nitrogen and oxygen atoms in total. The van der Waals surface area contributed by atoms with Crippen molar-refractivity contribution in [2.75, 3.05) is 52.5 Å². The Balaban J connectivity index is 1.84. The first-order valence-corrected chi connectivity index (χ1v) is 8.87. The van der Waals surface area contributed by atoms with E-state index >= 15 is 0 Å². The van der Waals surface area contributed by atoms with E-state index in [2.05, 4.69) is 20.5 Å². The van der Waals surface area contributed by atoms with Crippen LogP contribution < -0.4 is 10.6 Å². The van der Waals surface area contributed by atoms with Gasteiger partial charge in [0.2, 0.25) is 0 Å². The fourth-order valence-corrected chi connectivity index (χ4v) is 2.73. The minimum Gasteiger partial charge on any atom is -0.379 e. The van der Waals surface area contributed by atoms with E-state index in [9.17, 15) is 8.78 Å². The van der Waals surface area contributed by atoms with E-state index in [-0.39, 0.29) is 5.92 Å². The normalized spacial score (nSPS) is 17.4. The molecule has 1 aliphatic heterocycles. The number of ether oxygens (including phenoxy) is 1. The molecule has 0 radical (unpaired) electrons. The molecule has 0 aliphatic carbocycles. The smallest absolute Gasteiger partial charge is 0.191 e. The number of guanidine groups is 1. The molecule has 1 heterocycles. The lowest BCUT2D eigenvalue weighted by atomic mass is 10.0. The van der Waals surface area contributed by atoms with E-state index in [4.69, 9.17) is 4.74 Å². The topological polar surface area (TPSA) is 48.9 Å². The molecule has 0 aromatic heterocycles. The zero-order valence-corrected chi connectivity index (χ0v) is 15.0. The SMILES string of the molecule is CCNC(=NCC(C)c1ccc(F)cc1F)NCCN1CCOCC1. The van der Waals surface area contributed by atoms with Crippen LogP contribution in [0.25, 0.3) is 0 Å². The highest BCUT2D eigenvalue weighted by atomic mass is 19.1. The van der Waals surface area contributed by atoms with Crippen LogP contribution in [0.1, 0.15) is 25.3 Å². The van der Waals surface area contributed by atoms with Crippen molar-refractivity contribution >= 4 is 5.96 Å². The van der Waals surface area contributed by atoms with Crippen LogP contribution in [0.5, 0.6) is 0 Å². The van der Waals surface area contributed by atoms with Crippen molar-refractivity contribution in [2.45, 2.75) is 19.8 Å². The first-order chi connectivity index (χ1) is 12.1. The highest BCUT2D eigenvalue weighted by Crippen LogP contribution is 2.20. The van der Waals surface area contributed by atoms with Gasteiger partial charge < -0.3 is 15.4 Å². The summed E-state index contributed by atoms with van der Waals surface area (Å²) in [5.41, 5.74) is 0.481. The van der Waals surface area contributed by atoms with Gasteiger partial charge in [-0.1, -0.05) is 13.0 Å². The van der Waals surface area contributed by atoms with Crippen molar-refractivity contribution in [1.29, 1.82) is 0 Å². The maximum absolute atomic E-state index is 13.8. The Labute approximate surface area is 148 Å². The zero-order valence-electron chi connectivity index (χ0n) is 15.0. The van der Waals surface area contributed by atoms with Crippen molar-refractivity contribution in [3.05, 3.63) is 35.4 Å². The maximum atomic E-state index is 13.8. The fraction of sp³-hybridized carbons (Fsp3) is 0.611. The highest BCUT2D eigenvalue weighted by Gasteiger charge is 2.12. The number of aliphatic imine (C=N–C) groups is 1. The summed E-state index contributed by atoms with van der Waals surface area (Å²) in [6, 6.07) is 3.69. The maximum Gasteiger partial charge on any atom is 0.191 e. The number of rotatable bonds is 7. The summed E-state index contributed by atoms with van der Waals surface area (Å²) in [6.07, 6.45) is 0. The van der Waals surface area contributed by atoms with E-state index in [0.717, 1.165) is 52.0 Å². The third kappa shape index (κ3) is 6.59. The van der Waals surface area contributed by atoms with E-state index in [1.54, 1.807) is 0 Å². The lowest BCUT2D eigenvalue weighted by molar-refractivity contribution is 0.0389. The largest absolute Gasteiger partial charge is 0.379 e. The number of hydrogen-bond donors (Lipinski definition) is 2. The van der Waals surface area contributed by atoms with Gasteiger partial charge in [-0.2, -0.15) is 0 Å². The molecule has 0 amide bonds. The summed E-state index contributed by atoms with van der Waals surface area (Å²) in [6.45, 7) is 10.3. The molecule has 25 heavy (non-hydrogen) atoms. The lowest BCUT2D eigenvalue weighted by Crippen LogP contribution is -2.44. The van der Waals surface area contributed by atoms with E-state index in [0.29, 0.717) is 18.1 Å². The molecule has 1 atom stereocenters. The van der Waals surface area contributed by atoms with Crippen molar-refractivity contribution in [2.24, 2.45) is 4.99 Å². The monoisotopic (exact) mass is 354 g/mol. The molecule has 140 valence electrons. The van der Waals surface area contributed by atoms with Crippen LogP contribution in [-0.2, 0) is 4.74 Å². The molecule has 1 aromatic rings. The average Bonchev–Trinajstić information content (AvgIpc) is 2.60. The third-order valence-electron chi connectivity index (χ3n) is 4.19. The minimum atomic E-state index is -0.560. The van der Waals surface area contributed by atoms with Gasteiger partial charge in [-0.25, -0.2) is 8.78 Å². The van der Waals surface area contributed by atoms with Crippen molar-refractivity contribution in [1.82, 2.24) is 15.5 Å². The summed E-state index contributed by atoms with van der Waals surface area (Å²) < 4.78 is 32.2. The van der Waals surface area contributed by atoms with Gasteiger partial charge in [-0.15, -0.1) is 0 Å².